The molecule has 0 aromatic heterocycles. The summed E-state index contributed by atoms with van der Waals surface area (Å²) in [7, 11) is -0.542. The summed E-state index contributed by atoms with van der Waals surface area (Å²) in [5, 5.41) is 1.26. The van der Waals surface area contributed by atoms with Crippen LogP contribution in [-0.4, -0.2) is 21.2 Å². The first-order chi connectivity index (χ1) is 9.57. The van der Waals surface area contributed by atoms with Crippen molar-refractivity contribution in [1.82, 2.24) is 0 Å². The molecular weight excluding hydrogens is 264 g/mol. The highest BCUT2D eigenvalue weighted by molar-refractivity contribution is 6.93. The van der Waals surface area contributed by atoms with Gasteiger partial charge in [-0.05, 0) is 5.56 Å². The van der Waals surface area contributed by atoms with Gasteiger partial charge in [0.25, 0.3) is 0 Å². The largest absolute Gasteiger partial charge is 0.469 e. The second kappa shape index (κ2) is 6.05. The predicted molar refractivity (Wildman–Crippen MR) is 84.8 cm³/mol. The van der Waals surface area contributed by atoms with Crippen LogP contribution in [0.2, 0.25) is 13.1 Å². The number of hydrogen-bond acceptors (Lipinski definition) is 2. The zero-order chi connectivity index (χ0) is 14.6. The first kappa shape index (κ1) is 14.5. The third kappa shape index (κ3) is 2.83. The van der Waals surface area contributed by atoms with Crippen molar-refractivity contribution in [2.75, 3.05) is 7.11 Å². The van der Waals surface area contributed by atoms with E-state index in [-0.39, 0.29) is 11.5 Å². The standard InChI is InChI=1S/C17H20O2Si/c1-19-17(18)16(14-10-6-4-7-11-14)20(2,3)15-12-8-5-9-13-15/h4-13,16H,1-3H3/t16-/m0/s1. The molecule has 0 bridgehead atoms. The van der Waals surface area contributed by atoms with E-state index in [0.717, 1.165) is 5.56 Å². The Bertz CT molecular complexity index is 564. The fourth-order valence-corrected chi connectivity index (χ4v) is 5.76. The van der Waals surface area contributed by atoms with Gasteiger partial charge in [-0.1, -0.05) is 78.9 Å². The molecule has 0 aliphatic carbocycles. The summed E-state index contributed by atoms with van der Waals surface area (Å²) in [5.74, 6) is -0.142. The number of hydrogen-bond donors (Lipinski definition) is 0. The fourth-order valence-electron chi connectivity index (χ4n) is 2.65. The number of ether oxygens (including phenoxy) is 1. The quantitative estimate of drug-likeness (QED) is 0.637. The first-order valence-electron chi connectivity index (χ1n) is 6.75. The van der Waals surface area contributed by atoms with E-state index in [9.17, 15) is 4.79 Å². The van der Waals surface area contributed by atoms with E-state index in [1.165, 1.54) is 12.3 Å². The Hall–Kier alpha value is -1.87. The summed E-state index contributed by atoms with van der Waals surface area (Å²) in [6.45, 7) is 4.44. The van der Waals surface area contributed by atoms with Crippen LogP contribution < -0.4 is 5.19 Å². The molecule has 0 saturated heterocycles. The van der Waals surface area contributed by atoms with Gasteiger partial charge in [0.1, 0.15) is 8.07 Å². The topological polar surface area (TPSA) is 26.3 Å². The maximum absolute atomic E-state index is 12.3. The molecule has 2 aromatic carbocycles. The van der Waals surface area contributed by atoms with Crippen LogP contribution in [-0.2, 0) is 9.53 Å². The molecule has 2 nitrogen and oxygen atoms in total. The maximum Gasteiger partial charge on any atom is 0.310 e. The number of esters is 1. The molecule has 0 heterocycles. The Morgan fingerprint density at radius 2 is 1.45 bits per heavy atom. The monoisotopic (exact) mass is 284 g/mol. The van der Waals surface area contributed by atoms with Gasteiger partial charge in [0, 0.05) is 0 Å². The minimum Gasteiger partial charge on any atom is -0.469 e. The molecule has 3 heteroatoms. The summed E-state index contributed by atoms with van der Waals surface area (Å²) in [5.41, 5.74) is 0.857. The molecule has 0 amide bonds. The number of carbonyl (C=O) groups excluding carboxylic acids is 1. The Balaban J connectivity index is 2.49. The molecule has 2 aromatic rings. The molecule has 0 saturated carbocycles. The van der Waals surface area contributed by atoms with Gasteiger partial charge in [-0.2, -0.15) is 0 Å². The van der Waals surface area contributed by atoms with Crippen molar-refractivity contribution in [3.05, 3.63) is 66.2 Å². The van der Waals surface area contributed by atoms with Crippen LogP contribution in [0.4, 0.5) is 0 Å². The second-order valence-electron chi connectivity index (χ2n) is 5.45. The first-order valence-corrected chi connectivity index (χ1v) is 9.83. The van der Waals surface area contributed by atoms with E-state index in [4.69, 9.17) is 4.74 Å². The fraction of sp³-hybridized carbons (Fsp3) is 0.235. The van der Waals surface area contributed by atoms with Crippen molar-refractivity contribution in [3.63, 3.8) is 0 Å². The molecule has 2 rings (SSSR count). The van der Waals surface area contributed by atoms with Crippen molar-refractivity contribution >= 4 is 19.2 Å². The SMILES string of the molecule is COC(=O)[C@H](c1ccccc1)[Si](C)(C)c1ccccc1. The number of benzene rings is 2. The highest BCUT2D eigenvalue weighted by atomic mass is 28.3. The molecule has 0 N–H and O–H groups in total. The number of carbonyl (C=O) groups is 1. The van der Waals surface area contributed by atoms with Crippen LogP contribution in [0, 0.1) is 0 Å². The molecule has 0 spiro atoms. The Kier molecular flexibility index (Phi) is 4.40. The minimum absolute atomic E-state index is 0.142. The zero-order valence-electron chi connectivity index (χ0n) is 12.2. The van der Waals surface area contributed by atoms with Gasteiger partial charge in [-0.15, -0.1) is 0 Å². The van der Waals surface area contributed by atoms with Crippen LogP contribution in [0.25, 0.3) is 0 Å². The normalized spacial score (nSPS) is 12.8. The summed E-state index contributed by atoms with van der Waals surface area (Å²) in [6, 6.07) is 20.2. The molecule has 1 atom stereocenters. The van der Waals surface area contributed by atoms with E-state index in [1.807, 2.05) is 48.5 Å². The van der Waals surface area contributed by atoms with Crippen molar-refractivity contribution in [2.24, 2.45) is 0 Å². The van der Waals surface area contributed by atoms with Gasteiger partial charge in [0.15, 0.2) is 0 Å². The lowest BCUT2D eigenvalue weighted by Gasteiger charge is -2.31. The van der Waals surface area contributed by atoms with Crippen molar-refractivity contribution in [3.8, 4) is 0 Å². The van der Waals surface area contributed by atoms with Gasteiger partial charge in [0.05, 0.1) is 12.7 Å². The summed E-state index contributed by atoms with van der Waals surface area (Å²) in [4.78, 5) is 12.3. The van der Waals surface area contributed by atoms with Crippen LogP contribution in [0.3, 0.4) is 0 Å². The highest BCUT2D eigenvalue weighted by Crippen LogP contribution is 2.28. The van der Waals surface area contributed by atoms with Crippen molar-refractivity contribution < 1.29 is 9.53 Å². The summed E-state index contributed by atoms with van der Waals surface area (Å²) >= 11 is 0. The smallest absolute Gasteiger partial charge is 0.310 e. The van der Waals surface area contributed by atoms with Crippen LogP contribution >= 0.6 is 0 Å². The third-order valence-electron chi connectivity index (χ3n) is 3.81. The lowest BCUT2D eigenvalue weighted by Crippen LogP contribution is -2.50. The minimum atomic E-state index is -2.01. The van der Waals surface area contributed by atoms with E-state index in [2.05, 4.69) is 25.2 Å². The average Bonchev–Trinajstić information content (AvgIpc) is 2.49. The van der Waals surface area contributed by atoms with Gasteiger partial charge in [-0.3, -0.25) is 4.79 Å². The summed E-state index contributed by atoms with van der Waals surface area (Å²) in [6.07, 6.45) is 0. The van der Waals surface area contributed by atoms with E-state index >= 15 is 0 Å². The van der Waals surface area contributed by atoms with Crippen LogP contribution in [0.1, 0.15) is 11.1 Å². The van der Waals surface area contributed by atoms with Crippen molar-refractivity contribution in [2.45, 2.75) is 18.6 Å². The molecule has 0 fully saturated rings. The highest BCUT2D eigenvalue weighted by Gasteiger charge is 2.40. The van der Waals surface area contributed by atoms with Gasteiger partial charge in [-0.25, -0.2) is 0 Å². The lowest BCUT2D eigenvalue weighted by atomic mass is 10.1. The molecule has 104 valence electrons. The molecule has 20 heavy (non-hydrogen) atoms. The van der Waals surface area contributed by atoms with Crippen LogP contribution in [0.5, 0.6) is 0 Å². The third-order valence-corrected chi connectivity index (χ3v) is 7.64. The molecule has 0 aliphatic heterocycles. The second-order valence-corrected chi connectivity index (χ2v) is 10.1. The number of methoxy groups -OCH3 is 1. The van der Waals surface area contributed by atoms with Gasteiger partial charge < -0.3 is 4.74 Å². The average molecular weight is 284 g/mol. The van der Waals surface area contributed by atoms with Gasteiger partial charge in [0.2, 0.25) is 0 Å². The van der Waals surface area contributed by atoms with Gasteiger partial charge >= 0.3 is 5.97 Å². The molecule has 0 radical (unpaired) electrons. The lowest BCUT2D eigenvalue weighted by molar-refractivity contribution is -0.140. The predicted octanol–water partition coefficient (Wildman–Crippen LogP) is 3.10. The molecular formula is C17H20O2Si. The van der Waals surface area contributed by atoms with E-state index < -0.39 is 8.07 Å². The van der Waals surface area contributed by atoms with E-state index in [0.29, 0.717) is 0 Å². The zero-order valence-corrected chi connectivity index (χ0v) is 13.2. The maximum atomic E-state index is 12.3. The van der Waals surface area contributed by atoms with Crippen molar-refractivity contribution in [1.29, 1.82) is 0 Å². The van der Waals surface area contributed by atoms with Crippen LogP contribution in [0.15, 0.2) is 60.7 Å². The summed E-state index contributed by atoms with van der Waals surface area (Å²) < 4.78 is 5.07. The molecule has 0 aliphatic rings. The van der Waals surface area contributed by atoms with E-state index in [1.54, 1.807) is 0 Å². The molecule has 0 unspecified atom stereocenters. The Morgan fingerprint density at radius 1 is 0.950 bits per heavy atom. The Labute approximate surface area is 121 Å². The Morgan fingerprint density at radius 3 is 1.95 bits per heavy atom. The number of rotatable bonds is 4.